The third-order valence-corrected chi connectivity index (χ3v) is 4.59. The van der Waals surface area contributed by atoms with E-state index >= 15 is 0 Å². The summed E-state index contributed by atoms with van der Waals surface area (Å²) in [6.45, 7) is 0. The van der Waals surface area contributed by atoms with Crippen LogP contribution in [0.4, 0.5) is 0 Å². The first-order valence-electron chi connectivity index (χ1n) is 5.46. The van der Waals surface area contributed by atoms with Gasteiger partial charge in [0, 0.05) is 19.6 Å². The summed E-state index contributed by atoms with van der Waals surface area (Å²) in [7, 11) is 0. The van der Waals surface area contributed by atoms with Crippen molar-refractivity contribution in [3.8, 4) is 0 Å². The summed E-state index contributed by atoms with van der Waals surface area (Å²) in [5, 5.41) is 9.19. The summed E-state index contributed by atoms with van der Waals surface area (Å²) in [5.41, 5.74) is 1.48. The Kier molecular flexibility index (Phi) is 5.07. The van der Waals surface area contributed by atoms with Crippen LogP contribution in [0, 0.1) is 0 Å². The lowest BCUT2D eigenvalue weighted by Gasteiger charge is -2.07. The number of carboxylic acid groups (broad SMARTS) is 1. The molecule has 0 fully saturated rings. The lowest BCUT2D eigenvalue weighted by Crippen LogP contribution is -1.98. The Morgan fingerprint density at radius 1 is 1.11 bits per heavy atom. The molecular weight excluding hydrogens is 392 g/mol. The number of carbonyl (C=O) groups is 1. The molecule has 98 valence electrons. The van der Waals surface area contributed by atoms with Crippen LogP contribution in [0.2, 0.25) is 0 Å². The standard InChI is InChI=1S/C14H10Br2O2S/c15-10-3-1-2-9(6-10)8-19-13-5-4-11(16)7-12(13)14(17)18/h1-7H,8H2,(H,17,18). The third-order valence-electron chi connectivity index (χ3n) is 2.46. The molecule has 0 saturated carbocycles. The Balaban J connectivity index is 2.17. The van der Waals surface area contributed by atoms with Gasteiger partial charge in [-0.05, 0) is 35.9 Å². The topological polar surface area (TPSA) is 37.3 Å². The number of aromatic carboxylic acids is 1. The van der Waals surface area contributed by atoms with E-state index in [2.05, 4.69) is 31.9 Å². The van der Waals surface area contributed by atoms with Crippen LogP contribution in [0.1, 0.15) is 15.9 Å². The van der Waals surface area contributed by atoms with Crippen molar-refractivity contribution in [1.29, 1.82) is 0 Å². The van der Waals surface area contributed by atoms with Crippen LogP contribution in [0.15, 0.2) is 56.3 Å². The minimum Gasteiger partial charge on any atom is -0.478 e. The number of carboxylic acids is 1. The molecule has 2 aromatic carbocycles. The maximum Gasteiger partial charge on any atom is 0.336 e. The van der Waals surface area contributed by atoms with Crippen molar-refractivity contribution in [2.75, 3.05) is 0 Å². The Bertz CT molecular complexity index is 614. The van der Waals surface area contributed by atoms with E-state index in [1.54, 1.807) is 6.07 Å². The average molecular weight is 402 g/mol. The predicted octanol–water partition coefficient (Wildman–Crippen LogP) is 5.20. The van der Waals surface area contributed by atoms with Crippen LogP contribution in [0.25, 0.3) is 0 Å². The second-order valence-corrected chi connectivity index (χ2v) is 6.71. The summed E-state index contributed by atoms with van der Waals surface area (Å²) in [6.07, 6.45) is 0. The molecule has 0 aromatic heterocycles. The maximum atomic E-state index is 11.2. The molecule has 2 nitrogen and oxygen atoms in total. The van der Waals surface area contributed by atoms with Gasteiger partial charge in [0.05, 0.1) is 5.56 Å². The lowest BCUT2D eigenvalue weighted by atomic mass is 10.2. The van der Waals surface area contributed by atoms with Crippen LogP contribution in [0.3, 0.4) is 0 Å². The zero-order valence-electron chi connectivity index (χ0n) is 9.77. The SMILES string of the molecule is O=C(O)c1cc(Br)ccc1SCc1cccc(Br)c1. The minimum atomic E-state index is -0.905. The average Bonchev–Trinajstić information content (AvgIpc) is 2.37. The molecule has 0 heterocycles. The molecular formula is C14H10Br2O2S. The van der Waals surface area contributed by atoms with Crippen molar-refractivity contribution in [1.82, 2.24) is 0 Å². The molecule has 1 N–H and O–H groups in total. The maximum absolute atomic E-state index is 11.2. The van der Waals surface area contributed by atoms with Crippen molar-refractivity contribution < 1.29 is 9.90 Å². The molecule has 0 aliphatic rings. The highest BCUT2D eigenvalue weighted by Crippen LogP contribution is 2.29. The number of halogens is 2. The second-order valence-electron chi connectivity index (χ2n) is 3.86. The Morgan fingerprint density at radius 2 is 1.84 bits per heavy atom. The van der Waals surface area contributed by atoms with E-state index < -0.39 is 5.97 Å². The molecule has 0 radical (unpaired) electrons. The summed E-state index contributed by atoms with van der Waals surface area (Å²) >= 11 is 8.24. The minimum absolute atomic E-state index is 0.328. The van der Waals surface area contributed by atoms with Gasteiger partial charge in [-0.25, -0.2) is 4.79 Å². The van der Waals surface area contributed by atoms with E-state index in [1.807, 2.05) is 36.4 Å². The van der Waals surface area contributed by atoms with Crippen molar-refractivity contribution in [3.63, 3.8) is 0 Å². The first-order chi connectivity index (χ1) is 9.06. The van der Waals surface area contributed by atoms with Gasteiger partial charge in [0.1, 0.15) is 0 Å². The Labute approximate surface area is 132 Å². The largest absolute Gasteiger partial charge is 0.478 e. The molecule has 0 saturated heterocycles. The van der Waals surface area contributed by atoms with Gasteiger partial charge in [0.15, 0.2) is 0 Å². The highest BCUT2D eigenvalue weighted by molar-refractivity contribution is 9.10. The smallest absolute Gasteiger partial charge is 0.336 e. The van der Waals surface area contributed by atoms with E-state index in [0.29, 0.717) is 5.56 Å². The van der Waals surface area contributed by atoms with E-state index in [0.717, 1.165) is 25.2 Å². The molecule has 2 rings (SSSR count). The highest BCUT2D eigenvalue weighted by atomic mass is 79.9. The molecule has 0 aliphatic carbocycles. The molecule has 5 heteroatoms. The first-order valence-corrected chi connectivity index (χ1v) is 8.03. The van der Waals surface area contributed by atoms with Gasteiger partial charge < -0.3 is 5.11 Å². The fourth-order valence-corrected chi connectivity index (χ4v) is 3.36. The van der Waals surface area contributed by atoms with Crippen LogP contribution in [-0.2, 0) is 5.75 Å². The van der Waals surface area contributed by atoms with Crippen molar-refractivity contribution in [3.05, 3.63) is 62.5 Å². The van der Waals surface area contributed by atoms with Gasteiger partial charge in [0.2, 0.25) is 0 Å². The molecule has 2 aromatic rings. The molecule has 0 spiro atoms. The lowest BCUT2D eigenvalue weighted by molar-refractivity contribution is 0.0693. The fraction of sp³-hybridized carbons (Fsp3) is 0.0714. The molecule has 0 amide bonds. The van der Waals surface area contributed by atoms with Gasteiger partial charge in [-0.1, -0.05) is 44.0 Å². The third kappa shape index (κ3) is 4.09. The van der Waals surface area contributed by atoms with Crippen LogP contribution in [0.5, 0.6) is 0 Å². The number of benzene rings is 2. The number of hydrogen-bond acceptors (Lipinski definition) is 2. The number of rotatable bonds is 4. The molecule has 19 heavy (non-hydrogen) atoms. The Morgan fingerprint density at radius 3 is 2.53 bits per heavy atom. The van der Waals surface area contributed by atoms with Crippen LogP contribution < -0.4 is 0 Å². The zero-order chi connectivity index (χ0) is 13.8. The highest BCUT2D eigenvalue weighted by Gasteiger charge is 2.11. The summed E-state index contributed by atoms with van der Waals surface area (Å²) in [5.74, 6) is -0.167. The van der Waals surface area contributed by atoms with Crippen molar-refractivity contribution in [2.45, 2.75) is 10.6 Å². The zero-order valence-corrected chi connectivity index (χ0v) is 13.8. The second kappa shape index (κ2) is 6.59. The quantitative estimate of drug-likeness (QED) is 0.715. The van der Waals surface area contributed by atoms with E-state index in [-0.39, 0.29) is 0 Å². The fourth-order valence-electron chi connectivity index (χ4n) is 1.58. The van der Waals surface area contributed by atoms with Gasteiger partial charge in [-0.2, -0.15) is 0 Å². The molecule has 0 unspecified atom stereocenters. The van der Waals surface area contributed by atoms with Crippen molar-refractivity contribution in [2.24, 2.45) is 0 Å². The monoisotopic (exact) mass is 400 g/mol. The van der Waals surface area contributed by atoms with E-state index in [9.17, 15) is 9.90 Å². The molecule has 0 aliphatic heterocycles. The van der Waals surface area contributed by atoms with Gasteiger partial charge in [-0.15, -0.1) is 11.8 Å². The number of thioether (sulfide) groups is 1. The first kappa shape index (κ1) is 14.6. The predicted molar refractivity (Wildman–Crippen MR) is 84.8 cm³/mol. The van der Waals surface area contributed by atoms with Crippen LogP contribution >= 0.6 is 43.6 Å². The summed E-state index contributed by atoms with van der Waals surface area (Å²) in [4.78, 5) is 12.0. The van der Waals surface area contributed by atoms with Crippen LogP contribution in [-0.4, -0.2) is 11.1 Å². The van der Waals surface area contributed by atoms with Gasteiger partial charge in [0.25, 0.3) is 0 Å². The summed E-state index contributed by atoms with van der Waals surface area (Å²) in [6, 6.07) is 13.3. The number of hydrogen-bond donors (Lipinski definition) is 1. The normalized spacial score (nSPS) is 10.4. The summed E-state index contributed by atoms with van der Waals surface area (Å²) < 4.78 is 1.80. The molecule has 0 atom stereocenters. The Hall–Kier alpha value is -0.780. The van der Waals surface area contributed by atoms with Gasteiger partial charge >= 0.3 is 5.97 Å². The van der Waals surface area contributed by atoms with Crippen molar-refractivity contribution >= 4 is 49.6 Å². The molecule has 0 bridgehead atoms. The van der Waals surface area contributed by atoms with E-state index in [4.69, 9.17) is 0 Å². The van der Waals surface area contributed by atoms with Gasteiger partial charge in [-0.3, -0.25) is 0 Å². The van der Waals surface area contributed by atoms with E-state index in [1.165, 1.54) is 11.8 Å².